The summed E-state index contributed by atoms with van der Waals surface area (Å²) >= 11 is 0. The maximum absolute atomic E-state index is 13.0. The molecule has 8 heteroatoms. The summed E-state index contributed by atoms with van der Waals surface area (Å²) in [5.74, 6) is 0.594. The molecule has 2 aromatic carbocycles. The molecule has 2 aromatic rings. The summed E-state index contributed by atoms with van der Waals surface area (Å²) in [5.41, 5.74) is 2.76. The van der Waals surface area contributed by atoms with Crippen LogP contribution in [0.3, 0.4) is 0 Å². The molecule has 2 aliphatic rings. The lowest BCUT2D eigenvalue weighted by atomic mass is 10.1. The number of carbonyl (C=O) groups is 1. The molecule has 34 heavy (non-hydrogen) atoms. The predicted molar refractivity (Wildman–Crippen MR) is 137 cm³/mol. The molecule has 1 aliphatic carbocycles. The fourth-order valence-corrected chi connectivity index (χ4v) is 6.27. The van der Waals surface area contributed by atoms with E-state index in [2.05, 4.69) is 21.2 Å². The van der Waals surface area contributed by atoms with E-state index in [-0.39, 0.29) is 10.8 Å². The zero-order chi connectivity index (χ0) is 24.3. The van der Waals surface area contributed by atoms with Gasteiger partial charge in [0.1, 0.15) is 0 Å². The summed E-state index contributed by atoms with van der Waals surface area (Å²) in [6, 6.07) is 12.8. The first-order valence-electron chi connectivity index (χ1n) is 12.3. The van der Waals surface area contributed by atoms with E-state index in [1.807, 2.05) is 32.0 Å². The lowest BCUT2D eigenvalue weighted by molar-refractivity contribution is 0.102. The second-order valence-corrected chi connectivity index (χ2v) is 11.2. The number of aryl methyl sites for hydroxylation is 1. The number of carbonyl (C=O) groups excluding carboxylic acids is 1. The zero-order valence-corrected chi connectivity index (χ0v) is 21.3. The lowest BCUT2D eigenvalue weighted by Gasteiger charge is -2.36. The van der Waals surface area contributed by atoms with E-state index in [1.54, 1.807) is 19.1 Å². The van der Waals surface area contributed by atoms with Crippen LogP contribution < -0.4 is 10.2 Å². The number of amides is 1. The molecular formula is C26H36N4O3S. The Morgan fingerprint density at radius 2 is 1.74 bits per heavy atom. The Labute approximate surface area is 203 Å². The molecule has 1 saturated heterocycles. The largest absolute Gasteiger partial charge is 0.369 e. The molecular weight excluding hydrogens is 448 g/mol. The first-order valence-corrected chi connectivity index (χ1v) is 13.7. The number of piperazine rings is 1. The first kappa shape index (κ1) is 24.7. The highest BCUT2D eigenvalue weighted by Gasteiger charge is 2.27. The number of nitrogens with zero attached hydrogens (tertiary/aromatic N) is 3. The fraction of sp³-hybridized carbons (Fsp3) is 0.500. The summed E-state index contributed by atoms with van der Waals surface area (Å²) < 4.78 is 27.5. The molecule has 1 saturated carbocycles. The van der Waals surface area contributed by atoms with Crippen LogP contribution in [0.25, 0.3) is 0 Å². The summed E-state index contributed by atoms with van der Waals surface area (Å²) in [6.07, 6.45) is 2.76. The van der Waals surface area contributed by atoms with Gasteiger partial charge in [-0.05, 0) is 61.6 Å². The number of anilines is 2. The maximum Gasteiger partial charge on any atom is 0.255 e. The van der Waals surface area contributed by atoms with E-state index in [9.17, 15) is 13.2 Å². The van der Waals surface area contributed by atoms with Crippen LogP contribution in [0.1, 0.15) is 42.6 Å². The summed E-state index contributed by atoms with van der Waals surface area (Å²) in [6.45, 7) is 11.5. The molecule has 1 N–H and O–H groups in total. The van der Waals surface area contributed by atoms with Crippen molar-refractivity contribution in [1.29, 1.82) is 0 Å². The van der Waals surface area contributed by atoms with Crippen molar-refractivity contribution in [3.63, 3.8) is 0 Å². The molecule has 0 spiro atoms. The molecule has 2 fully saturated rings. The van der Waals surface area contributed by atoms with Crippen molar-refractivity contribution in [3.8, 4) is 0 Å². The Morgan fingerprint density at radius 3 is 2.38 bits per heavy atom. The van der Waals surface area contributed by atoms with Crippen LogP contribution in [0.4, 0.5) is 11.4 Å². The van der Waals surface area contributed by atoms with Gasteiger partial charge >= 0.3 is 0 Å². The van der Waals surface area contributed by atoms with Gasteiger partial charge in [0.05, 0.1) is 4.90 Å². The van der Waals surface area contributed by atoms with Gasteiger partial charge in [0, 0.05) is 62.8 Å². The predicted octanol–water partition coefficient (Wildman–Crippen LogP) is 3.81. The van der Waals surface area contributed by atoms with E-state index in [1.165, 1.54) is 29.8 Å². The molecule has 0 atom stereocenters. The minimum atomic E-state index is -3.65. The number of rotatable bonds is 9. The standard InChI is InChI=1S/C26H36N4O3S/c1-4-30(5-2)34(32,33)25-17-22(12-9-20(25)3)26(31)27-23-7-6-8-24(18-23)29-15-13-28(14-16-29)19-21-10-11-21/h6-9,12,17-18,21H,4-5,10-11,13-16,19H2,1-3H3,(H,27,31). The van der Waals surface area contributed by atoms with Crippen molar-refractivity contribution >= 4 is 27.3 Å². The topological polar surface area (TPSA) is 73.0 Å². The molecule has 0 bridgehead atoms. The van der Waals surface area contributed by atoms with Crippen molar-refractivity contribution in [2.45, 2.75) is 38.5 Å². The molecule has 4 rings (SSSR count). The average molecular weight is 485 g/mol. The van der Waals surface area contributed by atoms with Gasteiger partial charge in [-0.15, -0.1) is 0 Å². The van der Waals surface area contributed by atoms with E-state index < -0.39 is 10.0 Å². The van der Waals surface area contributed by atoms with Crippen molar-refractivity contribution in [1.82, 2.24) is 9.21 Å². The van der Waals surface area contributed by atoms with Gasteiger partial charge in [0.25, 0.3) is 5.91 Å². The maximum atomic E-state index is 13.0. The second-order valence-electron chi connectivity index (χ2n) is 9.31. The molecule has 0 aromatic heterocycles. The Kier molecular flexibility index (Phi) is 7.60. The minimum Gasteiger partial charge on any atom is -0.369 e. The third-order valence-electron chi connectivity index (χ3n) is 6.83. The van der Waals surface area contributed by atoms with Gasteiger partial charge in [0.15, 0.2) is 0 Å². The molecule has 1 heterocycles. The van der Waals surface area contributed by atoms with Crippen LogP contribution in [0.5, 0.6) is 0 Å². The summed E-state index contributed by atoms with van der Waals surface area (Å²) in [7, 11) is -3.65. The monoisotopic (exact) mass is 484 g/mol. The van der Waals surface area contributed by atoms with Gasteiger partial charge < -0.3 is 10.2 Å². The van der Waals surface area contributed by atoms with Crippen LogP contribution in [-0.2, 0) is 10.0 Å². The van der Waals surface area contributed by atoms with Crippen molar-refractivity contribution < 1.29 is 13.2 Å². The number of benzene rings is 2. The molecule has 184 valence electrons. The fourth-order valence-electron chi connectivity index (χ4n) is 4.56. The van der Waals surface area contributed by atoms with Gasteiger partial charge in [-0.3, -0.25) is 9.69 Å². The van der Waals surface area contributed by atoms with E-state index >= 15 is 0 Å². The van der Waals surface area contributed by atoms with Gasteiger partial charge in [-0.25, -0.2) is 8.42 Å². The molecule has 7 nitrogen and oxygen atoms in total. The molecule has 0 radical (unpaired) electrons. The Morgan fingerprint density at radius 1 is 1.03 bits per heavy atom. The number of sulfonamides is 1. The zero-order valence-electron chi connectivity index (χ0n) is 20.5. The van der Waals surface area contributed by atoms with Crippen LogP contribution in [0, 0.1) is 12.8 Å². The lowest BCUT2D eigenvalue weighted by Crippen LogP contribution is -2.47. The first-order chi connectivity index (χ1) is 16.3. The van der Waals surface area contributed by atoms with Crippen molar-refractivity contribution in [3.05, 3.63) is 53.6 Å². The third-order valence-corrected chi connectivity index (χ3v) is 9.02. The number of hydrogen-bond acceptors (Lipinski definition) is 5. The van der Waals surface area contributed by atoms with E-state index in [0.29, 0.717) is 29.9 Å². The quantitative estimate of drug-likeness (QED) is 0.586. The van der Waals surface area contributed by atoms with Gasteiger partial charge in [0.2, 0.25) is 10.0 Å². The summed E-state index contributed by atoms with van der Waals surface area (Å²) in [5, 5.41) is 2.95. The average Bonchev–Trinajstić information content (AvgIpc) is 3.64. The van der Waals surface area contributed by atoms with Crippen LogP contribution in [-0.4, -0.2) is 69.3 Å². The van der Waals surface area contributed by atoms with Crippen LogP contribution in [0.15, 0.2) is 47.4 Å². The smallest absolute Gasteiger partial charge is 0.255 e. The summed E-state index contributed by atoms with van der Waals surface area (Å²) in [4.78, 5) is 18.1. The molecule has 1 amide bonds. The SMILES string of the molecule is CCN(CC)S(=O)(=O)c1cc(C(=O)Nc2cccc(N3CCN(CC4CC4)CC3)c2)ccc1C. The number of nitrogens with one attached hydrogen (secondary N) is 1. The van der Waals surface area contributed by atoms with Gasteiger partial charge in [-0.1, -0.05) is 26.0 Å². The molecule has 1 aliphatic heterocycles. The Bertz CT molecular complexity index is 1120. The highest BCUT2D eigenvalue weighted by molar-refractivity contribution is 7.89. The normalized spacial score (nSPS) is 17.2. The van der Waals surface area contributed by atoms with Crippen molar-refractivity contribution in [2.24, 2.45) is 5.92 Å². The van der Waals surface area contributed by atoms with Crippen LogP contribution in [0.2, 0.25) is 0 Å². The van der Waals surface area contributed by atoms with Gasteiger partial charge in [-0.2, -0.15) is 4.31 Å². The van der Waals surface area contributed by atoms with E-state index in [4.69, 9.17) is 0 Å². The van der Waals surface area contributed by atoms with Crippen molar-refractivity contribution in [2.75, 3.05) is 56.0 Å². The highest BCUT2D eigenvalue weighted by atomic mass is 32.2. The van der Waals surface area contributed by atoms with E-state index in [0.717, 1.165) is 37.8 Å². The Hall–Kier alpha value is -2.42. The molecule has 0 unspecified atom stereocenters. The Balaban J connectivity index is 1.45. The number of hydrogen-bond donors (Lipinski definition) is 1. The third kappa shape index (κ3) is 5.62. The second kappa shape index (κ2) is 10.5. The highest BCUT2D eigenvalue weighted by Crippen LogP contribution is 2.30. The minimum absolute atomic E-state index is 0.182. The van der Waals surface area contributed by atoms with Crippen LogP contribution >= 0.6 is 0 Å².